The molecule has 0 aliphatic rings. The summed E-state index contributed by atoms with van der Waals surface area (Å²) in [7, 11) is 0. The van der Waals surface area contributed by atoms with Crippen molar-refractivity contribution in [3.05, 3.63) is 86.9 Å². The minimum atomic E-state index is -0.370. The van der Waals surface area contributed by atoms with Crippen molar-refractivity contribution in [2.24, 2.45) is 0 Å². The number of aromatic nitrogens is 2. The number of benzene rings is 3. The Morgan fingerprint density at radius 1 is 1.00 bits per heavy atom. The molecular weight excluding hydrogens is 433 g/mol. The molecular formula is C21H14Cl3N3O2. The maximum atomic E-state index is 12.6. The summed E-state index contributed by atoms with van der Waals surface area (Å²) in [6.07, 6.45) is 0. The van der Waals surface area contributed by atoms with Crippen molar-refractivity contribution in [3.63, 3.8) is 0 Å². The van der Waals surface area contributed by atoms with Crippen LogP contribution in [0.3, 0.4) is 0 Å². The van der Waals surface area contributed by atoms with E-state index in [0.717, 1.165) is 11.1 Å². The fraction of sp³-hybridized carbons (Fsp3) is 0.0476. The summed E-state index contributed by atoms with van der Waals surface area (Å²) in [5.41, 5.74) is 1.98. The van der Waals surface area contributed by atoms with Gasteiger partial charge >= 0.3 is 0 Å². The number of H-pyrrole nitrogens is 1. The highest BCUT2D eigenvalue weighted by Crippen LogP contribution is 2.27. The van der Waals surface area contributed by atoms with E-state index < -0.39 is 0 Å². The zero-order chi connectivity index (χ0) is 20.4. The van der Waals surface area contributed by atoms with E-state index in [1.165, 1.54) is 12.1 Å². The Balaban J connectivity index is 1.55. The number of fused-ring (bicyclic) bond motifs is 1. The molecule has 0 saturated heterocycles. The largest absolute Gasteiger partial charge is 0.489 e. The summed E-state index contributed by atoms with van der Waals surface area (Å²) in [6, 6.07) is 17.6. The van der Waals surface area contributed by atoms with E-state index in [1.54, 1.807) is 12.1 Å². The second-order valence-electron chi connectivity index (χ2n) is 6.27. The smallest absolute Gasteiger partial charge is 0.256 e. The van der Waals surface area contributed by atoms with Crippen LogP contribution in [0.25, 0.3) is 10.9 Å². The number of carbonyl (C=O) groups excluding carboxylic acids is 1. The van der Waals surface area contributed by atoms with Crippen LogP contribution >= 0.6 is 34.8 Å². The van der Waals surface area contributed by atoms with Gasteiger partial charge < -0.3 is 10.1 Å². The Morgan fingerprint density at radius 3 is 2.52 bits per heavy atom. The first kappa shape index (κ1) is 19.6. The van der Waals surface area contributed by atoms with Crippen molar-refractivity contribution < 1.29 is 9.53 Å². The number of nitrogens with zero attached hydrogens (tertiary/aromatic N) is 1. The fourth-order valence-electron chi connectivity index (χ4n) is 2.82. The van der Waals surface area contributed by atoms with E-state index in [0.29, 0.717) is 44.2 Å². The standard InChI is InChI=1S/C21H14Cl3N3O2/c22-14-7-13(8-15(23)9-14)21(28)25-20-17-10-16(5-6-19(17)26-27-20)29-11-12-3-1-2-4-18(12)24/h1-10H,11H2,(H2,25,26,27,28). The molecule has 1 heterocycles. The Labute approximate surface area is 181 Å². The van der Waals surface area contributed by atoms with Crippen molar-refractivity contribution in [1.82, 2.24) is 10.2 Å². The van der Waals surface area contributed by atoms with Gasteiger partial charge in [0.05, 0.1) is 5.52 Å². The molecule has 4 rings (SSSR count). The molecule has 0 saturated carbocycles. The normalized spacial score (nSPS) is 10.9. The van der Waals surface area contributed by atoms with E-state index in [-0.39, 0.29) is 5.91 Å². The molecule has 0 radical (unpaired) electrons. The highest BCUT2D eigenvalue weighted by atomic mass is 35.5. The lowest BCUT2D eigenvalue weighted by molar-refractivity contribution is 0.102. The number of ether oxygens (including phenoxy) is 1. The fourth-order valence-corrected chi connectivity index (χ4v) is 3.54. The minimum absolute atomic E-state index is 0.325. The van der Waals surface area contributed by atoms with Crippen molar-refractivity contribution in [2.45, 2.75) is 6.61 Å². The maximum absolute atomic E-state index is 12.6. The van der Waals surface area contributed by atoms with Crippen LogP contribution in [-0.4, -0.2) is 16.1 Å². The molecule has 1 amide bonds. The SMILES string of the molecule is O=C(Nc1n[nH]c2ccc(OCc3ccccc3Cl)cc12)c1cc(Cl)cc(Cl)c1. The van der Waals surface area contributed by atoms with Crippen LogP contribution in [0.15, 0.2) is 60.7 Å². The van der Waals surface area contributed by atoms with Gasteiger partial charge in [-0.05, 0) is 42.5 Å². The Bertz CT molecular complexity index is 1190. The second-order valence-corrected chi connectivity index (χ2v) is 7.55. The molecule has 0 fully saturated rings. The molecule has 3 aromatic carbocycles. The van der Waals surface area contributed by atoms with Gasteiger partial charge in [-0.2, -0.15) is 5.10 Å². The predicted octanol–water partition coefficient (Wildman–Crippen LogP) is 6.35. The van der Waals surface area contributed by atoms with Gasteiger partial charge in [0.25, 0.3) is 5.91 Å². The molecule has 1 aromatic heterocycles. The topological polar surface area (TPSA) is 67.0 Å². The van der Waals surface area contributed by atoms with Gasteiger partial charge in [-0.15, -0.1) is 0 Å². The average Bonchev–Trinajstić information content (AvgIpc) is 3.08. The summed E-state index contributed by atoms with van der Waals surface area (Å²) in [4.78, 5) is 12.6. The Kier molecular flexibility index (Phi) is 5.62. The molecule has 0 unspecified atom stereocenters. The molecule has 4 aromatic rings. The van der Waals surface area contributed by atoms with Crippen LogP contribution < -0.4 is 10.1 Å². The highest BCUT2D eigenvalue weighted by molar-refractivity contribution is 6.35. The summed E-state index contributed by atoms with van der Waals surface area (Å²) < 4.78 is 5.85. The second kappa shape index (κ2) is 8.33. The quantitative estimate of drug-likeness (QED) is 0.375. The molecule has 0 spiro atoms. The van der Waals surface area contributed by atoms with Gasteiger partial charge in [0, 0.05) is 31.6 Å². The molecule has 29 heavy (non-hydrogen) atoms. The molecule has 8 heteroatoms. The number of rotatable bonds is 5. The maximum Gasteiger partial charge on any atom is 0.256 e. The minimum Gasteiger partial charge on any atom is -0.489 e. The molecule has 0 bridgehead atoms. The number of amides is 1. The van der Waals surface area contributed by atoms with E-state index in [9.17, 15) is 4.79 Å². The van der Waals surface area contributed by atoms with Gasteiger partial charge in [-0.1, -0.05) is 53.0 Å². The molecule has 0 atom stereocenters. The number of hydrogen-bond acceptors (Lipinski definition) is 3. The van der Waals surface area contributed by atoms with Crippen LogP contribution in [0.5, 0.6) is 5.75 Å². The first-order valence-electron chi connectivity index (χ1n) is 8.61. The van der Waals surface area contributed by atoms with Gasteiger partial charge in [0.15, 0.2) is 5.82 Å². The number of nitrogens with one attached hydrogen (secondary N) is 2. The number of anilines is 1. The van der Waals surface area contributed by atoms with Crippen molar-refractivity contribution in [1.29, 1.82) is 0 Å². The molecule has 146 valence electrons. The van der Waals surface area contributed by atoms with Crippen LogP contribution in [-0.2, 0) is 6.61 Å². The summed E-state index contributed by atoms with van der Waals surface area (Å²) in [5.74, 6) is 0.634. The Morgan fingerprint density at radius 2 is 1.76 bits per heavy atom. The monoisotopic (exact) mass is 445 g/mol. The first-order chi connectivity index (χ1) is 14.0. The van der Waals surface area contributed by atoms with Crippen molar-refractivity contribution in [2.75, 3.05) is 5.32 Å². The van der Waals surface area contributed by atoms with Gasteiger partial charge in [0.2, 0.25) is 0 Å². The summed E-state index contributed by atoms with van der Waals surface area (Å²) in [6.45, 7) is 0.325. The van der Waals surface area contributed by atoms with E-state index in [1.807, 2.05) is 36.4 Å². The Hall–Kier alpha value is -2.73. The van der Waals surface area contributed by atoms with E-state index in [4.69, 9.17) is 39.5 Å². The predicted molar refractivity (Wildman–Crippen MR) is 116 cm³/mol. The summed E-state index contributed by atoms with van der Waals surface area (Å²) in [5, 5.41) is 11.9. The highest BCUT2D eigenvalue weighted by Gasteiger charge is 2.13. The molecule has 0 aliphatic heterocycles. The van der Waals surface area contributed by atoms with Gasteiger partial charge in [-0.3, -0.25) is 9.89 Å². The third kappa shape index (κ3) is 4.48. The lowest BCUT2D eigenvalue weighted by atomic mass is 10.2. The average molecular weight is 447 g/mol. The lowest BCUT2D eigenvalue weighted by Crippen LogP contribution is -2.12. The molecule has 5 nitrogen and oxygen atoms in total. The zero-order valence-electron chi connectivity index (χ0n) is 14.9. The number of hydrogen-bond donors (Lipinski definition) is 2. The third-order valence-corrected chi connectivity index (χ3v) is 5.05. The van der Waals surface area contributed by atoms with Crippen molar-refractivity contribution >= 4 is 57.4 Å². The molecule has 2 N–H and O–H groups in total. The van der Waals surface area contributed by atoms with Crippen LogP contribution in [0.1, 0.15) is 15.9 Å². The zero-order valence-corrected chi connectivity index (χ0v) is 17.1. The van der Waals surface area contributed by atoms with E-state index >= 15 is 0 Å². The van der Waals surface area contributed by atoms with E-state index in [2.05, 4.69) is 15.5 Å². The number of carbonyl (C=O) groups is 1. The van der Waals surface area contributed by atoms with Gasteiger partial charge in [0.1, 0.15) is 12.4 Å². The first-order valence-corrected chi connectivity index (χ1v) is 9.75. The summed E-state index contributed by atoms with van der Waals surface area (Å²) >= 11 is 18.1. The van der Waals surface area contributed by atoms with Crippen LogP contribution in [0, 0.1) is 0 Å². The van der Waals surface area contributed by atoms with Crippen molar-refractivity contribution in [3.8, 4) is 5.75 Å². The molecule has 0 aliphatic carbocycles. The number of aromatic amines is 1. The van der Waals surface area contributed by atoms with Crippen LogP contribution in [0.2, 0.25) is 15.1 Å². The number of halogens is 3. The third-order valence-electron chi connectivity index (χ3n) is 4.24. The lowest BCUT2D eigenvalue weighted by Gasteiger charge is -2.08. The van der Waals surface area contributed by atoms with Gasteiger partial charge in [-0.25, -0.2) is 0 Å². The van der Waals surface area contributed by atoms with Crippen LogP contribution in [0.4, 0.5) is 5.82 Å².